The van der Waals surface area contributed by atoms with E-state index in [1.165, 1.54) is 12.1 Å². The van der Waals surface area contributed by atoms with Gasteiger partial charge >= 0.3 is 0 Å². The molecule has 0 N–H and O–H groups in total. The number of hydrogen-bond acceptors (Lipinski definition) is 2. The molecular weight excluding hydrogens is 353 g/mol. The molecule has 5 heteroatoms. The Labute approximate surface area is 156 Å². The number of allylic oxidation sites excluding steroid dienone is 2. The fourth-order valence-corrected chi connectivity index (χ4v) is 4.07. The number of nitrogens with zero attached hydrogens (tertiary/aromatic N) is 1. The summed E-state index contributed by atoms with van der Waals surface area (Å²) >= 11 is 6.10. The van der Waals surface area contributed by atoms with Crippen molar-refractivity contribution in [3.63, 3.8) is 0 Å². The molecule has 4 rings (SSSR count). The Morgan fingerprint density at radius 2 is 1.81 bits per heavy atom. The van der Waals surface area contributed by atoms with Gasteiger partial charge in [-0.1, -0.05) is 29.8 Å². The van der Waals surface area contributed by atoms with E-state index in [0.717, 1.165) is 17.7 Å². The zero-order chi connectivity index (χ0) is 18.3. The van der Waals surface area contributed by atoms with E-state index < -0.39 is 0 Å². The maximum Gasteiger partial charge on any atom is 0.232 e. The summed E-state index contributed by atoms with van der Waals surface area (Å²) in [5.41, 5.74) is 2.92. The highest BCUT2D eigenvalue weighted by Crippen LogP contribution is 2.43. The SMILES string of the molecule is O=C1CCCC2=C1C(c1ccc(F)cc1)CC(=O)N2c1cccc(Cl)c1. The maximum atomic E-state index is 13.3. The molecule has 0 aromatic heterocycles. The number of ketones is 1. The molecular formula is C21H17ClFNO2. The van der Waals surface area contributed by atoms with E-state index in [0.29, 0.717) is 29.1 Å². The van der Waals surface area contributed by atoms with Crippen LogP contribution in [0.4, 0.5) is 10.1 Å². The van der Waals surface area contributed by atoms with Crippen molar-refractivity contribution in [2.75, 3.05) is 4.90 Å². The molecule has 1 aliphatic heterocycles. The van der Waals surface area contributed by atoms with Crippen molar-refractivity contribution >= 4 is 29.0 Å². The third-order valence-electron chi connectivity index (χ3n) is 5.01. The lowest BCUT2D eigenvalue weighted by Crippen LogP contribution is -2.40. The van der Waals surface area contributed by atoms with Gasteiger partial charge < -0.3 is 0 Å². The Morgan fingerprint density at radius 1 is 1.04 bits per heavy atom. The summed E-state index contributed by atoms with van der Waals surface area (Å²) in [5.74, 6) is -0.655. The lowest BCUT2D eigenvalue weighted by molar-refractivity contribution is -0.119. The van der Waals surface area contributed by atoms with Crippen molar-refractivity contribution < 1.29 is 14.0 Å². The molecule has 2 aromatic rings. The summed E-state index contributed by atoms with van der Waals surface area (Å²) in [6.45, 7) is 0. The van der Waals surface area contributed by atoms with Crippen LogP contribution in [0.25, 0.3) is 0 Å². The maximum absolute atomic E-state index is 13.3. The average molecular weight is 370 g/mol. The topological polar surface area (TPSA) is 37.4 Å². The van der Waals surface area contributed by atoms with Gasteiger partial charge in [0.1, 0.15) is 5.82 Å². The highest BCUT2D eigenvalue weighted by Gasteiger charge is 2.39. The summed E-state index contributed by atoms with van der Waals surface area (Å²) in [6, 6.07) is 13.2. The number of rotatable bonds is 2. The largest absolute Gasteiger partial charge is 0.294 e. The van der Waals surface area contributed by atoms with Crippen LogP contribution >= 0.6 is 11.6 Å². The standard InChI is InChI=1S/C21H17ClFNO2/c22-14-3-1-4-16(11-14)24-18-5-2-6-19(25)21(18)17(12-20(24)26)13-7-9-15(23)10-8-13/h1,3-4,7-11,17H,2,5-6,12H2. The molecule has 0 spiro atoms. The van der Waals surface area contributed by atoms with Crippen molar-refractivity contribution in [3.8, 4) is 0 Å². The Morgan fingerprint density at radius 3 is 2.54 bits per heavy atom. The predicted octanol–water partition coefficient (Wildman–Crippen LogP) is 5.01. The second kappa shape index (κ2) is 6.69. The summed E-state index contributed by atoms with van der Waals surface area (Å²) in [6.07, 6.45) is 2.05. The van der Waals surface area contributed by atoms with Crippen LogP contribution in [0.3, 0.4) is 0 Å². The molecule has 1 unspecified atom stereocenters. The number of Topliss-reactive ketones (excluding diaryl/α,β-unsaturated/α-hetero) is 1. The molecule has 0 saturated heterocycles. The van der Waals surface area contributed by atoms with E-state index >= 15 is 0 Å². The normalized spacial score (nSPS) is 20.4. The van der Waals surface area contributed by atoms with E-state index in [1.54, 1.807) is 35.2 Å². The predicted molar refractivity (Wildman–Crippen MR) is 98.6 cm³/mol. The smallest absolute Gasteiger partial charge is 0.232 e. The van der Waals surface area contributed by atoms with Gasteiger partial charge in [0.2, 0.25) is 5.91 Å². The monoisotopic (exact) mass is 369 g/mol. The van der Waals surface area contributed by atoms with E-state index in [9.17, 15) is 14.0 Å². The Bertz CT molecular complexity index is 920. The number of amides is 1. The Hall–Kier alpha value is -2.46. The number of anilines is 1. The molecule has 2 aliphatic rings. The van der Waals surface area contributed by atoms with Crippen LogP contribution in [0.15, 0.2) is 59.8 Å². The third kappa shape index (κ3) is 2.95. The summed E-state index contributed by atoms with van der Waals surface area (Å²) in [7, 11) is 0. The van der Waals surface area contributed by atoms with Gasteiger partial charge in [0.05, 0.1) is 5.69 Å². The minimum absolute atomic E-state index is 0.0695. The van der Waals surface area contributed by atoms with Crippen LogP contribution in [0.5, 0.6) is 0 Å². The first kappa shape index (κ1) is 17.0. The molecule has 132 valence electrons. The number of benzene rings is 2. The first-order chi connectivity index (χ1) is 12.5. The molecule has 0 saturated carbocycles. The van der Waals surface area contributed by atoms with Crippen molar-refractivity contribution in [1.82, 2.24) is 0 Å². The first-order valence-electron chi connectivity index (χ1n) is 8.65. The van der Waals surface area contributed by atoms with Crippen LogP contribution in [0.1, 0.15) is 37.2 Å². The molecule has 1 aliphatic carbocycles. The number of carbonyl (C=O) groups excluding carboxylic acids is 2. The minimum Gasteiger partial charge on any atom is -0.294 e. The van der Waals surface area contributed by atoms with Crippen molar-refractivity contribution in [1.29, 1.82) is 0 Å². The van der Waals surface area contributed by atoms with Crippen LogP contribution in [0.2, 0.25) is 5.02 Å². The molecule has 26 heavy (non-hydrogen) atoms. The molecule has 1 amide bonds. The molecule has 0 bridgehead atoms. The van der Waals surface area contributed by atoms with Crippen LogP contribution in [-0.2, 0) is 9.59 Å². The summed E-state index contributed by atoms with van der Waals surface area (Å²) in [4.78, 5) is 27.4. The van der Waals surface area contributed by atoms with Gasteiger partial charge in [0, 0.05) is 35.1 Å². The van der Waals surface area contributed by atoms with E-state index in [-0.39, 0.29) is 29.8 Å². The second-order valence-electron chi connectivity index (χ2n) is 6.65. The highest BCUT2D eigenvalue weighted by atomic mass is 35.5. The highest BCUT2D eigenvalue weighted by molar-refractivity contribution is 6.31. The van der Waals surface area contributed by atoms with Crippen molar-refractivity contribution in [2.45, 2.75) is 31.6 Å². The zero-order valence-corrected chi connectivity index (χ0v) is 14.8. The fraction of sp³-hybridized carbons (Fsp3) is 0.238. The van der Waals surface area contributed by atoms with Crippen LogP contribution in [0, 0.1) is 5.82 Å². The van der Waals surface area contributed by atoms with Crippen molar-refractivity contribution in [2.24, 2.45) is 0 Å². The first-order valence-corrected chi connectivity index (χ1v) is 9.02. The van der Waals surface area contributed by atoms with Gasteiger partial charge in [0.25, 0.3) is 0 Å². The van der Waals surface area contributed by atoms with Gasteiger partial charge in [-0.15, -0.1) is 0 Å². The molecule has 1 atom stereocenters. The Kier molecular flexibility index (Phi) is 4.37. The van der Waals surface area contributed by atoms with E-state index in [1.807, 2.05) is 6.07 Å². The minimum atomic E-state index is -0.333. The quantitative estimate of drug-likeness (QED) is 0.746. The van der Waals surface area contributed by atoms with Gasteiger partial charge in [-0.2, -0.15) is 0 Å². The lowest BCUT2D eigenvalue weighted by atomic mass is 9.77. The lowest BCUT2D eigenvalue weighted by Gasteiger charge is -2.38. The van der Waals surface area contributed by atoms with E-state index in [2.05, 4.69) is 0 Å². The third-order valence-corrected chi connectivity index (χ3v) is 5.25. The number of halogens is 2. The Balaban J connectivity index is 1.85. The molecule has 2 aromatic carbocycles. The number of hydrogen-bond donors (Lipinski definition) is 0. The van der Waals surface area contributed by atoms with Gasteiger partial charge in [-0.25, -0.2) is 4.39 Å². The van der Waals surface area contributed by atoms with Crippen molar-refractivity contribution in [3.05, 3.63) is 76.2 Å². The fourth-order valence-electron chi connectivity index (χ4n) is 3.89. The van der Waals surface area contributed by atoms with Gasteiger partial charge in [-0.3, -0.25) is 14.5 Å². The van der Waals surface area contributed by atoms with Crippen LogP contribution in [-0.4, -0.2) is 11.7 Å². The molecule has 0 fully saturated rings. The second-order valence-corrected chi connectivity index (χ2v) is 7.09. The summed E-state index contributed by atoms with van der Waals surface area (Å²) < 4.78 is 13.3. The molecule has 0 radical (unpaired) electrons. The van der Waals surface area contributed by atoms with Gasteiger partial charge in [-0.05, 0) is 48.7 Å². The molecule has 3 nitrogen and oxygen atoms in total. The van der Waals surface area contributed by atoms with Crippen LogP contribution < -0.4 is 4.90 Å². The average Bonchev–Trinajstić information content (AvgIpc) is 2.62. The summed E-state index contributed by atoms with van der Waals surface area (Å²) in [5, 5.41) is 0.542. The van der Waals surface area contributed by atoms with E-state index in [4.69, 9.17) is 11.6 Å². The van der Waals surface area contributed by atoms with Gasteiger partial charge in [0.15, 0.2) is 5.78 Å². The zero-order valence-electron chi connectivity index (χ0n) is 14.0. The number of carbonyl (C=O) groups is 2. The molecule has 1 heterocycles.